The molecule has 0 atom stereocenters. The van der Waals surface area contributed by atoms with E-state index < -0.39 is 0 Å². The molecule has 0 aliphatic rings. The Morgan fingerprint density at radius 1 is 1.19 bits per heavy atom. The van der Waals surface area contributed by atoms with Crippen molar-refractivity contribution < 1.29 is 0 Å². The van der Waals surface area contributed by atoms with Crippen molar-refractivity contribution in [2.45, 2.75) is 6.92 Å². The zero-order valence-electron chi connectivity index (χ0n) is 9.09. The van der Waals surface area contributed by atoms with E-state index >= 15 is 0 Å². The number of nitrogen functional groups attached to an aromatic ring is 1. The topological polar surface area (TPSA) is 51.8 Å². The van der Waals surface area contributed by atoms with Crippen LogP contribution in [-0.4, -0.2) is 9.97 Å². The van der Waals surface area contributed by atoms with Crippen LogP contribution in [0.5, 0.6) is 0 Å². The van der Waals surface area contributed by atoms with Crippen LogP contribution in [0.15, 0.2) is 42.6 Å². The summed E-state index contributed by atoms with van der Waals surface area (Å²) in [5, 5.41) is 0. The number of hydrogen-bond donors (Lipinski definition) is 1. The summed E-state index contributed by atoms with van der Waals surface area (Å²) in [6, 6.07) is 9.95. The molecule has 0 fully saturated rings. The Labute approximate surface area is 94.7 Å². The summed E-state index contributed by atoms with van der Waals surface area (Å²) in [5.41, 5.74) is 8.50. The molecule has 0 spiro atoms. The number of hydrogen-bond acceptors (Lipinski definition) is 3. The highest BCUT2D eigenvalue weighted by atomic mass is 15.0. The quantitative estimate of drug-likeness (QED) is 0.831. The molecule has 1 heterocycles. The third-order valence-electron chi connectivity index (χ3n) is 2.23. The van der Waals surface area contributed by atoms with E-state index in [1.807, 2.05) is 49.4 Å². The lowest BCUT2D eigenvalue weighted by Gasteiger charge is -2.05. The number of allylic oxidation sites excluding steroid dienone is 1. The van der Waals surface area contributed by atoms with Gasteiger partial charge in [0.1, 0.15) is 0 Å². The molecule has 1 aromatic carbocycles. The lowest BCUT2D eigenvalue weighted by molar-refractivity contribution is 1.18. The van der Waals surface area contributed by atoms with Crippen molar-refractivity contribution in [3.8, 4) is 11.3 Å². The average molecular weight is 211 g/mol. The first-order valence-corrected chi connectivity index (χ1v) is 5.12. The smallest absolute Gasteiger partial charge is 0.220 e. The molecule has 0 saturated heterocycles. The zero-order valence-corrected chi connectivity index (χ0v) is 9.09. The van der Waals surface area contributed by atoms with E-state index in [1.54, 1.807) is 6.20 Å². The lowest BCUT2D eigenvalue weighted by Crippen LogP contribution is -1.98. The molecular formula is C13H13N3. The Kier molecular flexibility index (Phi) is 2.96. The Balaban J connectivity index is 2.58. The highest BCUT2D eigenvalue weighted by molar-refractivity contribution is 5.71. The molecule has 0 aliphatic carbocycles. The molecule has 1 aromatic heterocycles. The Morgan fingerprint density at radius 2 is 1.94 bits per heavy atom. The summed E-state index contributed by atoms with van der Waals surface area (Å²) in [5.74, 6) is 0.298. The first-order chi connectivity index (χ1) is 7.81. The summed E-state index contributed by atoms with van der Waals surface area (Å²) in [6.45, 7) is 1.96. The molecule has 0 aliphatic heterocycles. The van der Waals surface area contributed by atoms with Gasteiger partial charge in [-0.05, 0) is 6.92 Å². The fourth-order valence-electron chi connectivity index (χ4n) is 1.53. The van der Waals surface area contributed by atoms with Gasteiger partial charge in [0.15, 0.2) is 0 Å². The first kappa shape index (κ1) is 10.4. The SMILES string of the molecule is CC=Cc1cnc(N)nc1-c1ccccc1. The van der Waals surface area contributed by atoms with E-state index in [-0.39, 0.29) is 0 Å². The number of rotatable bonds is 2. The summed E-state index contributed by atoms with van der Waals surface area (Å²) in [6.07, 6.45) is 5.67. The van der Waals surface area contributed by atoms with Gasteiger partial charge in [-0.25, -0.2) is 9.97 Å². The third-order valence-corrected chi connectivity index (χ3v) is 2.23. The van der Waals surface area contributed by atoms with Crippen molar-refractivity contribution in [3.05, 3.63) is 48.2 Å². The fourth-order valence-corrected chi connectivity index (χ4v) is 1.53. The summed E-state index contributed by atoms with van der Waals surface area (Å²) in [7, 11) is 0. The summed E-state index contributed by atoms with van der Waals surface area (Å²) >= 11 is 0. The van der Waals surface area contributed by atoms with Gasteiger partial charge in [0, 0.05) is 17.3 Å². The minimum Gasteiger partial charge on any atom is -0.368 e. The maximum Gasteiger partial charge on any atom is 0.220 e. The van der Waals surface area contributed by atoms with E-state index in [0.717, 1.165) is 16.8 Å². The van der Waals surface area contributed by atoms with Crippen molar-refractivity contribution in [3.63, 3.8) is 0 Å². The number of nitrogens with two attached hydrogens (primary N) is 1. The molecule has 0 amide bonds. The van der Waals surface area contributed by atoms with Gasteiger partial charge in [-0.1, -0.05) is 42.5 Å². The number of anilines is 1. The van der Waals surface area contributed by atoms with Crippen LogP contribution in [0, 0.1) is 0 Å². The Hall–Kier alpha value is -2.16. The van der Waals surface area contributed by atoms with E-state index in [9.17, 15) is 0 Å². The van der Waals surface area contributed by atoms with Crippen molar-refractivity contribution in [2.24, 2.45) is 0 Å². The maximum absolute atomic E-state index is 5.61. The molecule has 2 N–H and O–H groups in total. The standard InChI is InChI=1S/C13H13N3/c1-2-6-11-9-15-13(14)16-12(11)10-7-4-3-5-8-10/h2-9H,1H3,(H2,14,15,16). The van der Waals surface area contributed by atoms with Gasteiger partial charge in [-0.2, -0.15) is 0 Å². The van der Waals surface area contributed by atoms with Crippen molar-refractivity contribution >= 4 is 12.0 Å². The van der Waals surface area contributed by atoms with Gasteiger partial charge < -0.3 is 5.73 Å². The van der Waals surface area contributed by atoms with Gasteiger partial charge >= 0.3 is 0 Å². The van der Waals surface area contributed by atoms with Crippen LogP contribution >= 0.6 is 0 Å². The molecule has 2 rings (SSSR count). The van der Waals surface area contributed by atoms with Gasteiger partial charge in [0.05, 0.1) is 5.69 Å². The lowest BCUT2D eigenvalue weighted by atomic mass is 10.1. The van der Waals surface area contributed by atoms with Crippen molar-refractivity contribution in [1.82, 2.24) is 9.97 Å². The molecule has 0 saturated carbocycles. The molecule has 3 nitrogen and oxygen atoms in total. The second-order valence-electron chi connectivity index (χ2n) is 3.40. The molecule has 2 aromatic rings. The minimum atomic E-state index is 0.298. The summed E-state index contributed by atoms with van der Waals surface area (Å²) in [4.78, 5) is 8.28. The average Bonchev–Trinajstić information content (AvgIpc) is 2.33. The largest absolute Gasteiger partial charge is 0.368 e. The molecule has 0 radical (unpaired) electrons. The Bertz CT molecular complexity index is 504. The summed E-state index contributed by atoms with van der Waals surface area (Å²) < 4.78 is 0. The zero-order chi connectivity index (χ0) is 11.4. The number of aromatic nitrogens is 2. The van der Waals surface area contributed by atoms with E-state index in [1.165, 1.54) is 0 Å². The van der Waals surface area contributed by atoms with Crippen LogP contribution in [0.2, 0.25) is 0 Å². The molecular weight excluding hydrogens is 198 g/mol. The predicted octanol–water partition coefficient (Wildman–Crippen LogP) is 2.76. The van der Waals surface area contributed by atoms with Gasteiger partial charge in [0.25, 0.3) is 0 Å². The highest BCUT2D eigenvalue weighted by Gasteiger charge is 2.05. The van der Waals surface area contributed by atoms with Crippen LogP contribution in [-0.2, 0) is 0 Å². The van der Waals surface area contributed by atoms with Crippen LogP contribution in [0.3, 0.4) is 0 Å². The second-order valence-corrected chi connectivity index (χ2v) is 3.40. The molecule has 0 bridgehead atoms. The van der Waals surface area contributed by atoms with Gasteiger partial charge in [-0.15, -0.1) is 0 Å². The third kappa shape index (κ3) is 2.08. The minimum absolute atomic E-state index is 0.298. The van der Waals surface area contributed by atoms with Gasteiger partial charge in [0.2, 0.25) is 5.95 Å². The number of nitrogens with zero attached hydrogens (tertiary/aromatic N) is 2. The van der Waals surface area contributed by atoms with Crippen LogP contribution in [0.25, 0.3) is 17.3 Å². The van der Waals surface area contributed by atoms with Crippen LogP contribution in [0.4, 0.5) is 5.95 Å². The first-order valence-electron chi connectivity index (χ1n) is 5.12. The molecule has 16 heavy (non-hydrogen) atoms. The van der Waals surface area contributed by atoms with Crippen LogP contribution < -0.4 is 5.73 Å². The highest BCUT2D eigenvalue weighted by Crippen LogP contribution is 2.22. The van der Waals surface area contributed by atoms with Crippen molar-refractivity contribution in [2.75, 3.05) is 5.73 Å². The molecule has 0 unspecified atom stereocenters. The Morgan fingerprint density at radius 3 is 2.62 bits per heavy atom. The van der Waals surface area contributed by atoms with Gasteiger partial charge in [-0.3, -0.25) is 0 Å². The van der Waals surface area contributed by atoms with E-state index in [4.69, 9.17) is 5.73 Å². The van der Waals surface area contributed by atoms with E-state index in [0.29, 0.717) is 5.95 Å². The van der Waals surface area contributed by atoms with Crippen molar-refractivity contribution in [1.29, 1.82) is 0 Å². The monoisotopic (exact) mass is 211 g/mol. The van der Waals surface area contributed by atoms with E-state index in [2.05, 4.69) is 9.97 Å². The molecule has 80 valence electrons. The number of benzene rings is 1. The molecule has 3 heteroatoms. The second kappa shape index (κ2) is 4.57. The fraction of sp³-hybridized carbons (Fsp3) is 0.0769. The maximum atomic E-state index is 5.61. The van der Waals surface area contributed by atoms with Crippen LogP contribution in [0.1, 0.15) is 12.5 Å². The normalized spacial score (nSPS) is 10.8. The predicted molar refractivity (Wildman–Crippen MR) is 66.6 cm³/mol.